The van der Waals surface area contributed by atoms with Crippen LogP contribution in [0.25, 0.3) is 0 Å². The number of halogens is 3. The molecule has 0 aromatic heterocycles. The minimum Gasteiger partial charge on any atom is -0.480 e. The van der Waals surface area contributed by atoms with E-state index in [0.29, 0.717) is 6.07 Å². The SMILES string of the molecule is Nc1ccc([C@H](N)C(=O)O)c(C(F)(F)F)c1. The van der Waals surface area contributed by atoms with Crippen LogP contribution in [-0.2, 0) is 11.0 Å². The van der Waals surface area contributed by atoms with Crippen molar-refractivity contribution in [2.75, 3.05) is 5.73 Å². The number of hydrogen-bond donors (Lipinski definition) is 3. The van der Waals surface area contributed by atoms with Crippen molar-refractivity contribution in [3.63, 3.8) is 0 Å². The second-order valence-corrected chi connectivity index (χ2v) is 3.16. The largest absolute Gasteiger partial charge is 0.480 e. The van der Waals surface area contributed by atoms with Crippen LogP contribution in [0.3, 0.4) is 0 Å². The third kappa shape index (κ3) is 2.43. The van der Waals surface area contributed by atoms with Gasteiger partial charge in [0.2, 0.25) is 0 Å². The Kier molecular flexibility index (Phi) is 3.09. The van der Waals surface area contributed by atoms with Gasteiger partial charge in [0, 0.05) is 5.69 Å². The number of rotatable bonds is 2. The average molecular weight is 234 g/mol. The number of alkyl halides is 3. The molecule has 0 aliphatic heterocycles. The molecule has 0 unspecified atom stereocenters. The van der Waals surface area contributed by atoms with Gasteiger partial charge < -0.3 is 16.6 Å². The fraction of sp³-hybridized carbons (Fsp3) is 0.222. The number of nitrogen functional groups attached to an aromatic ring is 1. The first-order valence-electron chi connectivity index (χ1n) is 4.18. The molecule has 16 heavy (non-hydrogen) atoms. The third-order valence-corrected chi connectivity index (χ3v) is 1.98. The molecule has 0 saturated heterocycles. The third-order valence-electron chi connectivity index (χ3n) is 1.98. The fourth-order valence-corrected chi connectivity index (χ4v) is 1.22. The van der Waals surface area contributed by atoms with Crippen LogP contribution >= 0.6 is 0 Å². The monoisotopic (exact) mass is 234 g/mol. The minimum atomic E-state index is -4.68. The number of benzene rings is 1. The molecule has 0 aliphatic carbocycles. The highest BCUT2D eigenvalue weighted by Gasteiger charge is 2.36. The van der Waals surface area contributed by atoms with Crippen LogP contribution in [0.1, 0.15) is 17.2 Å². The van der Waals surface area contributed by atoms with E-state index in [1.165, 1.54) is 6.07 Å². The topological polar surface area (TPSA) is 89.3 Å². The molecule has 1 aromatic carbocycles. The molecule has 0 fully saturated rings. The van der Waals surface area contributed by atoms with Gasteiger partial charge in [0.15, 0.2) is 0 Å². The highest BCUT2D eigenvalue weighted by Crippen LogP contribution is 2.35. The Morgan fingerprint density at radius 2 is 1.94 bits per heavy atom. The number of carboxylic acids is 1. The van der Waals surface area contributed by atoms with Gasteiger partial charge in [0.1, 0.15) is 6.04 Å². The number of hydrogen-bond acceptors (Lipinski definition) is 3. The average Bonchev–Trinajstić information content (AvgIpc) is 2.15. The number of aliphatic carboxylic acids is 1. The van der Waals surface area contributed by atoms with Crippen molar-refractivity contribution in [3.05, 3.63) is 29.3 Å². The molecule has 0 radical (unpaired) electrons. The maximum Gasteiger partial charge on any atom is 0.416 e. The van der Waals surface area contributed by atoms with Gasteiger partial charge in [0.25, 0.3) is 0 Å². The zero-order chi connectivity index (χ0) is 12.5. The van der Waals surface area contributed by atoms with Crippen molar-refractivity contribution in [3.8, 4) is 0 Å². The van der Waals surface area contributed by atoms with Crippen LogP contribution in [0, 0.1) is 0 Å². The van der Waals surface area contributed by atoms with Gasteiger partial charge in [-0.2, -0.15) is 13.2 Å². The second kappa shape index (κ2) is 4.01. The first-order valence-corrected chi connectivity index (χ1v) is 4.18. The normalized spacial score (nSPS) is 13.5. The van der Waals surface area contributed by atoms with Crippen LogP contribution in [0.4, 0.5) is 18.9 Å². The molecule has 5 N–H and O–H groups in total. The summed E-state index contributed by atoms with van der Waals surface area (Å²) < 4.78 is 37.6. The number of anilines is 1. The van der Waals surface area contributed by atoms with Gasteiger partial charge in [-0.1, -0.05) is 6.07 Å². The van der Waals surface area contributed by atoms with Crippen LogP contribution in [-0.4, -0.2) is 11.1 Å². The van der Waals surface area contributed by atoms with Gasteiger partial charge in [0.05, 0.1) is 5.56 Å². The Hall–Kier alpha value is -1.76. The summed E-state index contributed by atoms with van der Waals surface area (Å²) in [5.41, 5.74) is 8.63. The highest BCUT2D eigenvalue weighted by molar-refractivity contribution is 5.76. The maximum absolute atomic E-state index is 12.5. The summed E-state index contributed by atoms with van der Waals surface area (Å²) in [5, 5.41) is 8.57. The van der Waals surface area contributed by atoms with Crippen LogP contribution in [0.2, 0.25) is 0 Å². The zero-order valence-corrected chi connectivity index (χ0v) is 7.95. The molecule has 0 saturated carbocycles. The Labute approximate surface area is 88.7 Å². The number of nitrogens with two attached hydrogens (primary N) is 2. The van der Waals surface area contributed by atoms with Gasteiger partial charge in [-0.05, 0) is 17.7 Å². The van der Waals surface area contributed by atoms with E-state index >= 15 is 0 Å². The Morgan fingerprint density at radius 1 is 1.38 bits per heavy atom. The molecule has 1 rings (SSSR count). The Morgan fingerprint density at radius 3 is 2.38 bits per heavy atom. The molecule has 1 aromatic rings. The van der Waals surface area contributed by atoms with E-state index in [9.17, 15) is 18.0 Å². The van der Waals surface area contributed by atoms with Crippen molar-refractivity contribution < 1.29 is 23.1 Å². The fourth-order valence-electron chi connectivity index (χ4n) is 1.22. The predicted octanol–water partition coefficient (Wildman–Crippen LogP) is 1.37. The second-order valence-electron chi connectivity index (χ2n) is 3.16. The minimum absolute atomic E-state index is 0.103. The Bertz CT molecular complexity index is 418. The quantitative estimate of drug-likeness (QED) is 0.674. The summed E-state index contributed by atoms with van der Waals surface area (Å²) in [6.07, 6.45) is -4.68. The van der Waals surface area contributed by atoms with Gasteiger partial charge >= 0.3 is 12.1 Å². The van der Waals surface area contributed by atoms with E-state index < -0.39 is 29.3 Å². The van der Waals surface area contributed by atoms with E-state index in [1.807, 2.05) is 0 Å². The standard InChI is InChI=1S/C9H9F3N2O2/c10-9(11,12)6-3-4(13)1-2-5(6)7(14)8(15)16/h1-3,7H,13-14H2,(H,15,16)/t7-/m0/s1. The summed E-state index contributed by atoms with van der Waals surface area (Å²) in [6.45, 7) is 0. The van der Waals surface area contributed by atoms with Gasteiger partial charge in [-0.3, -0.25) is 4.79 Å². The van der Waals surface area contributed by atoms with E-state index in [1.54, 1.807) is 0 Å². The van der Waals surface area contributed by atoms with Gasteiger partial charge in [-0.15, -0.1) is 0 Å². The molecule has 7 heteroatoms. The lowest BCUT2D eigenvalue weighted by molar-refractivity contribution is -0.141. The zero-order valence-electron chi connectivity index (χ0n) is 7.95. The van der Waals surface area contributed by atoms with E-state index in [-0.39, 0.29) is 5.69 Å². The predicted molar refractivity (Wildman–Crippen MR) is 50.4 cm³/mol. The van der Waals surface area contributed by atoms with Crippen molar-refractivity contribution in [2.45, 2.75) is 12.2 Å². The summed E-state index contributed by atoms with van der Waals surface area (Å²) in [4.78, 5) is 10.5. The van der Waals surface area contributed by atoms with Crippen molar-refractivity contribution in [1.82, 2.24) is 0 Å². The molecule has 0 amide bonds. The smallest absolute Gasteiger partial charge is 0.416 e. The highest BCUT2D eigenvalue weighted by atomic mass is 19.4. The molecule has 0 bridgehead atoms. The molecule has 0 aliphatic rings. The Balaban J connectivity index is 3.34. The molecular weight excluding hydrogens is 225 g/mol. The van der Waals surface area contributed by atoms with E-state index in [0.717, 1.165) is 6.07 Å². The van der Waals surface area contributed by atoms with E-state index in [4.69, 9.17) is 16.6 Å². The lowest BCUT2D eigenvalue weighted by Crippen LogP contribution is -2.24. The first-order chi connectivity index (χ1) is 7.23. The lowest BCUT2D eigenvalue weighted by atomic mass is 10.00. The van der Waals surface area contributed by atoms with Crippen molar-refractivity contribution >= 4 is 11.7 Å². The maximum atomic E-state index is 12.5. The molecule has 4 nitrogen and oxygen atoms in total. The number of carbonyl (C=O) groups is 1. The molecule has 0 heterocycles. The summed E-state index contributed by atoms with van der Waals surface area (Å²) >= 11 is 0. The van der Waals surface area contributed by atoms with Gasteiger partial charge in [-0.25, -0.2) is 0 Å². The van der Waals surface area contributed by atoms with E-state index in [2.05, 4.69) is 0 Å². The molecule has 1 atom stereocenters. The molecule has 0 spiro atoms. The van der Waals surface area contributed by atoms with Crippen molar-refractivity contribution in [2.24, 2.45) is 5.73 Å². The lowest BCUT2D eigenvalue weighted by Gasteiger charge is -2.15. The van der Waals surface area contributed by atoms with Crippen LogP contribution < -0.4 is 11.5 Å². The van der Waals surface area contributed by atoms with Crippen molar-refractivity contribution in [1.29, 1.82) is 0 Å². The van der Waals surface area contributed by atoms with Crippen LogP contribution in [0.15, 0.2) is 18.2 Å². The first kappa shape index (κ1) is 12.3. The summed E-state index contributed by atoms with van der Waals surface area (Å²) in [6, 6.07) is 1.08. The summed E-state index contributed by atoms with van der Waals surface area (Å²) in [7, 11) is 0. The molecular formula is C9H9F3N2O2. The number of carboxylic acid groups (broad SMARTS) is 1. The molecule has 88 valence electrons. The van der Waals surface area contributed by atoms with Crippen LogP contribution in [0.5, 0.6) is 0 Å². The summed E-state index contributed by atoms with van der Waals surface area (Å²) in [5.74, 6) is -1.53.